The molecule has 2 radical (unpaired) electrons. The van der Waals surface area contributed by atoms with Gasteiger partial charge in [0, 0.05) is 18.1 Å². The standard InChI is InChI=1S/C5H8BNOS/c6-5(8)4-3-9-2-1-7-4/h4,7H,1-3H2. The fourth-order valence-corrected chi connectivity index (χ4v) is 1.69. The van der Waals surface area contributed by atoms with Gasteiger partial charge < -0.3 is 10.1 Å². The summed E-state index contributed by atoms with van der Waals surface area (Å²) in [6.45, 7) is 0.901. The van der Waals surface area contributed by atoms with Gasteiger partial charge in [-0.05, 0) is 0 Å². The van der Waals surface area contributed by atoms with E-state index in [0.717, 1.165) is 18.1 Å². The van der Waals surface area contributed by atoms with E-state index in [1.54, 1.807) is 11.8 Å². The van der Waals surface area contributed by atoms with Crippen molar-refractivity contribution in [1.82, 2.24) is 5.32 Å². The predicted molar refractivity (Wildman–Crippen MR) is 39.9 cm³/mol. The average Bonchev–Trinajstić information content (AvgIpc) is 1.90. The van der Waals surface area contributed by atoms with Crippen molar-refractivity contribution in [3.8, 4) is 0 Å². The van der Waals surface area contributed by atoms with Crippen LogP contribution in [-0.4, -0.2) is 37.6 Å². The molecule has 1 rings (SSSR count). The van der Waals surface area contributed by atoms with E-state index in [2.05, 4.69) is 5.32 Å². The van der Waals surface area contributed by atoms with Crippen LogP contribution < -0.4 is 5.32 Å². The second-order valence-electron chi connectivity index (χ2n) is 1.98. The lowest BCUT2D eigenvalue weighted by atomic mass is 9.96. The first-order chi connectivity index (χ1) is 4.30. The molecule has 1 fully saturated rings. The van der Waals surface area contributed by atoms with Crippen LogP contribution in [0.2, 0.25) is 0 Å². The molecule has 1 unspecified atom stereocenters. The van der Waals surface area contributed by atoms with Crippen LogP contribution in [0.5, 0.6) is 0 Å². The summed E-state index contributed by atoms with van der Waals surface area (Å²) in [5.74, 6) is 1.92. The highest BCUT2D eigenvalue weighted by atomic mass is 32.2. The Balaban J connectivity index is 2.31. The van der Waals surface area contributed by atoms with Crippen molar-refractivity contribution in [3.63, 3.8) is 0 Å². The van der Waals surface area contributed by atoms with Gasteiger partial charge in [0.2, 0.25) is 0 Å². The quantitative estimate of drug-likeness (QED) is 0.493. The minimum atomic E-state index is -0.234. The number of rotatable bonds is 1. The highest BCUT2D eigenvalue weighted by molar-refractivity contribution is 7.99. The molecular weight excluding hydrogens is 133 g/mol. The number of carbonyl (C=O) groups excluding carboxylic acids is 1. The van der Waals surface area contributed by atoms with Crippen LogP contribution in [0.4, 0.5) is 0 Å². The lowest BCUT2D eigenvalue weighted by Crippen LogP contribution is -2.43. The summed E-state index contributed by atoms with van der Waals surface area (Å²) in [5.41, 5.74) is -0.234. The summed E-state index contributed by atoms with van der Waals surface area (Å²) in [7, 11) is 5.05. The van der Waals surface area contributed by atoms with Crippen molar-refractivity contribution in [2.45, 2.75) is 6.04 Å². The number of hydrogen-bond acceptors (Lipinski definition) is 3. The Labute approximate surface area is 60.2 Å². The van der Waals surface area contributed by atoms with E-state index in [4.69, 9.17) is 7.85 Å². The normalized spacial score (nSPS) is 27.8. The molecule has 0 spiro atoms. The third kappa shape index (κ3) is 2.03. The Morgan fingerprint density at radius 3 is 2.89 bits per heavy atom. The maximum atomic E-state index is 10.5. The molecule has 1 saturated heterocycles. The highest BCUT2D eigenvalue weighted by Gasteiger charge is 2.15. The number of carbonyl (C=O) groups is 1. The van der Waals surface area contributed by atoms with Gasteiger partial charge in [-0.3, -0.25) is 0 Å². The van der Waals surface area contributed by atoms with E-state index in [-0.39, 0.29) is 11.7 Å². The van der Waals surface area contributed by atoms with Crippen LogP contribution in [0.3, 0.4) is 0 Å². The van der Waals surface area contributed by atoms with Crippen molar-refractivity contribution in [2.24, 2.45) is 0 Å². The third-order valence-corrected chi connectivity index (χ3v) is 2.33. The number of thioether (sulfide) groups is 1. The van der Waals surface area contributed by atoms with Gasteiger partial charge in [0.15, 0.2) is 7.85 Å². The lowest BCUT2D eigenvalue weighted by Gasteiger charge is -2.20. The molecule has 0 amide bonds. The molecule has 48 valence electrons. The highest BCUT2D eigenvalue weighted by Crippen LogP contribution is 2.06. The Hall–Kier alpha value is 0.0449. The van der Waals surface area contributed by atoms with Crippen molar-refractivity contribution in [1.29, 1.82) is 0 Å². The Bertz CT molecular complexity index is 114. The minimum absolute atomic E-state index is 0.0938. The van der Waals surface area contributed by atoms with Crippen LogP contribution in [0.1, 0.15) is 0 Å². The molecule has 9 heavy (non-hydrogen) atoms. The van der Waals surface area contributed by atoms with Gasteiger partial charge >= 0.3 is 0 Å². The molecule has 1 N–H and O–H groups in total. The summed E-state index contributed by atoms with van der Waals surface area (Å²) in [6, 6.07) is -0.0938. The first-order valence-corrected chi connectivity index (χ1v) is 4.06. The molecule has 2 nitrogen and oxygen atoms in total. The maximum Gasteiger partial charge on any atom is 0.170 e. The van der Waals surface area contributed by atoms with Crippen LogP contribution in [-0.2, 0) is 4.79 Å². The molecule has 1 aliphatic rings. The molecule has 0 bridgehead atoms. The molecule has 1 heterocycles. The number of nitrogens with one attached hydrogen (secondary N) is 1. The van der Waals surface area contributed by atoms with E-state index in [1.807, 2.05) is 0 Å². The zero-order valence-electron chi connectivity index (χ0n) is 5.09. The molecule has 0 saturated carbocycles. The average molecular weight is 141 g/mol. The molecule has 0 aromatic heterocycles. The van der Waals surface area contributed by atoms with E-state index in [1.165, 1.54) is 0 Å². The van der Waals surface area contributed by atoms with Crippen LogP contribution >= 0.6 is 11.8 Å². The van der Waals surface area contributed by atoms with Crippen LogP contribution in [0, 0.1) is 0 Å². The first-order valence-electron chi connectivity index (χ1n) is 2.91. The molecular formula is C5H8BNOS. The maximum absolute atomic E-state index is 10.5. The zero-order valence-corrected chi connectivity index (χ0v) is 5.91. The van der Waals surface area contributed by atoms with Crippen LogP contribution in [0.25, 0.3) is 0 Å². The lowest BCUT2D eigenvalue weighted by molar-refractivity contribution is -0.113. The van der Waals surface area contributed by atoms with E-state index < -0.39 is 0 Å². The van der Waals surface area contributed by atoms with Gasteiger partial charge in [0.25, 0.3) is 0 Å². The third-order valence-electron chi connectivity index (χ3n) is 1.27. The Morgan fingerprint density at radius 1 is 1.78 bits per heavy atom. The minimum Gasteiger partial charge on any atom is -0.311 e. The van der Waals surface area contributed by atoms with Gasteiger partial charge in [-0.1, -0.05) is 0 Å². The molecule has 1 atom stereocenters. The smallest absolute Gasteiger partial charge is 0.170 e. The predicted octanol–water partition coefficient (Wildman–Crippen LogP) is -0.614. The summed E-state index contributed by atoms with van der Waals surface area (Å²) in [6.07, 6.45) is 0. The summed E-state index contributed by atoms with van der Waals surface area (Å²) < 4.78 is 0. The fraction of sp³-hybridized carbons (Fsp3) is 0.800. The summed E-state index contributed by atoms with van der Waals surface area (Å²) in [5, 5.41) is 3.02. The van der Waals surface area contributed by atoms with Crippen molar-refractivity contribution >= 4 is 25.3 Å². The fourth-order valence-electron chi connectivity index (χ4n) is 0.748. The second-order valence-corrected chi connectivity index (χ2v) is 3.13. The van der Waals surface area contributed by atoms with Crippen molar-refractivity contribution < 1.29 is 4.79 Å². The van der Waals surface area contributed by atoms with E-state index >= 15 is 0 Å². The molecule has 4 heteroatoms. The Kier molecular flexibility index (Phi) is 2.60. The van der Waals surface area contributed by atoms with Gasteiger partial charge in [0.05, 0.1) is 11.7 Å². The van der Waals surface area contributed by atoms with Crippen molar-refractivity contribution in [3.05, 3.63) is 0 Å². The van der Waals surface area contributed by atoms with Gasteiger partial charge in [-0.15, -0.1) is 0 Å². The van der Waals surface area contributed by atoms with Gasteiger partial charge in [0.1, 0.15) is 0 Å². The largest absolute Gasteiger partial charge is 0.311 e. The topological polar surface area (TPSA) is 29.1 Å². The molecule has 0 aliphatic carbocycles. The van der Waals surface area contributed by atoms with E-state index in [0.29, 0.717) is 0 Å². The molecule has 1 aliphatic heterocycles. The summed E-state index contributed by atoms with van der Waals surface area (Å²) in [4.78, 5) is 10.5. The molecule has 0 aromatic rings. The zero-order chi connectivity index (χ0) is 6.69. The SMILES string of the molecule is [B]C(=O)C1CSCCN1. The number of hydrogen-bond donors (Lipinski definition) is 1. The summed E-state index contributed by atoms with van der Waals surface area (Å²) >= 11 is 1.77. The monoisotopic (exact) mass is 141 g/mol. The van der Waals surface area contributed by atoms with Crippen molar-refractivity contribution in [2.75, 3.05) is 18.1 Å². The Morgan fingerprint density at radius 2 is 2.56 bits per heavy atom. The van der Waals surface area contributed by atoms with Crippen LogP contribution in [0.15, 0.2) is 0 Å². The van der Waals surface area contributed by atoms with Gasteiger partial charge in [-0.25, -0.2) is 0 Å². The second kappa shape index (κ2) is 3.27. The molecule has 0 aromatic carbocycles. The van der Waals surface area contributed by atoms with E-state index in [9.17, 15) is 4.79 Å². The first kappa shape index (κ1) is 7.16. The van der Waals surface area contributed by atoms with Gasteiger partial charge in [-0.2, -0.15) is 11.8 Å².